The monoisotopic (exact) mass is 176 g/mol. The first-order valence-electron chi connectivity index (χ1n) is 4.94. The first kappa shape index (κ1) is 8.70. The molecule has 2 heteroatoms. The summed E-state index contributed by atoms with van der Waals surface area (Å²) in [5, 5.41) is 0. The van der Waals surface area contributed by atoms with E-state index >= 15 is 0 Å². The maximum absolute atomic E-state index is 6.25. The van der Waals surface area contributed by atoms with Gasteiger partial charge in [0.1, 0.15) is 0 Å². The molecule has 0 aliphatic heterocycles. The van der Waals surface area contributed by atoms with Crippen LogP contribution in [0.2, 0.25) is 0 Å². The van der Waals surface area contributed by atoms with Gasteiger partial charge in [0, 0.05) is 17.9 Å². The maximum atomic E-state index is 6.25. The van der Waals surface area contributed by atoms with Crippen LogP contribution in [0, 0.1) is 5.92 Å². The minimum atomic E-state index is -0.0745. The Morgan fingerprint density at radius 3 is 2.92 bits per heavy atom. The quantitative estimate of drug-likeness (QED) is 0.749. The van der Waals surface area contributed by atoms with Crippen LogP contribution in [0.1, 0.15) is 31.7 Å². The molecule has 0 radical (unpaired) electrons. The zero-order valence-corrected chi connectivity index (χ0v) is 8.03. The molecule has 2 N–H and O–H groups in total. The number of nitrogens with zero attached hydrogens (tertiary/aromatic N) is 1. The van der Waals surface area contributed by atoms with Crippen molar-refractivity contribution in [2.45, 2.75) is 31.7 Å². The van der Waals surface area contributed by atoms with Crippen molar-refractivity contribution in [3.63, 3.8) is 0 Å². The fraction of sp³-hybridized carbons (Fsp3) is 0.545. The lowest BCUT2D eigenvalue weighted by Gasteiger charge is -2.45. The third kappa shape index (κ3) is 1.46. The summed E-state index contributed by atoms with van der Waals surface area (Å²) in [4.78, 5) is 4.10. The molecule has 0 unspecified atom stereocenters. The van der Waals surface area contributed by atoms with Crippen LogP contribution >= 0.6 is 0 Å². The Bertz CT molecular complexity index is 275. The lowest BCUT2D eigenvalue weighted by molar-refractivity contribution is 0.143. The van der Waals surface area contributed by atoms with Gasteiger partial charge in [-0.15, -0.1) is 0 Å². The first-order chi connectivity index (χ1) is 6.24. The Labute approximate surface area is 79.2 Å². The van der Waals surface area contributed by atoms with Gasteiger partial charge in [0.05, 0.1) is 0 Å². The van der Waals surface area contributed by atoms with Crippen LogP contribution in [0.15, 0.2) is 24.5 Å². The number of hydrogen-bond donors (Lipinski definition) is 1. The molecule has 1 aromatic heterocycles. The van der Waals surface area contributed by atoms with Gasteiger partial charge in [-0.1, -0.05) is 19.4 Å². The van der Waals surface area contributed by atoms with Gasteiger partial charge in [-0.25, -0.2) is 0 Å². The predicted molar refractivity (Wildman–Crippen MR) is 53.1 cm³/mol. The number of rotatable bonds is 2. The molecule has 1 aromatic rings. The van der Waals surface area contributed by atoms with Crippen molar-refractivity contribution in [2.24, 2.45) is 11.7 Å². The molecule has 0 atom stereocenters. The summed E-state index contributed by atoms with van der Waals surface area (Å²) >= 11 is 0. The first-order valence-corrected chi connectivity index (χ1v) is 4.94. The molecular weight excluding hydrogens is 160 g/mol. The van der Waals surface area contributed by atoms with Gasteiger partial charge in [-0.2, -0.15) is 0 Å². The SMILES string of the molecule is CCC1CC(N)(c2cccnc2)C1. The van der Waals surface area contributed by atoms with Crippen LogP contribution in [0.4, 0.5) is 0 Å². The zero-order chi connectivity index (χ0) is 9.31. The van der Waals surface area contributed by atoms with E-state index in [0.717, 1.165) is 18.8 Å². The highest BCUT2D eigenvalue weighted by atomic mass is 14.8. The summed E-state index contributed by atoms with van der Waals surface area (Å²) in [6.45, 7) is 2.23. The molecular formula is C11H16N2. The Kier molecular flexibility index (Phi) is 2.08. The zero-order valence-electron chi connectivity index (χ0n) is 8.03. The molecule has 1 aliphatic carbocycles. The van der Waals surface area contributed by atoms with Gasteiger partial charge in [0.25, 0.3) is 0 Å². The number of nitrogens with two attached hydrogens (primary N) is 1. The number of hydrogen-bond acceptors (Lipinski definition) is 2. The Morgan fingerprint density at radius 1 is 1.62 bits per heavy atom. The highest BCUT2D eigenvalue weighted by Crippen LogP contribution is 2.44. The standard InChI is InChI=1S/C11H16N2/c1-2-9-6-11(12,7-9)10-4-3-5-13-8-10/h3-5,8-9H,2,6-7,12H2,1H3. The summed E-state index contributed by atoms with van der Waals surface area (Å²) in [7, 11) is 0. The third-order valence-electron chi connectivity index (χ3n) is 3.12. The number of pyridine rings is 1. The van der Waals surface area contributed by atoms with Crippen molar-refractivity contribution in [2.75, 3.05) is 0 Å². The van der Waals surface area contributed by atoms with Gasteiger partial charge in [0.15, 0.2) is 0 Å². The summed E-state index contributed by atoms with van der Waals surface area (Å²) < 4.78 is 0. The second-order valence-electron chi connectivity index (χ2n) is 4.08. The Hall–Kier alpha value is -0.890. The van der Waals surface area contributed by atoms with E-state index in [4.69, 9.17) is 5.73 Å². The van der Waals surface area contributed by atoms with Crippen molar-refractivity contribution in [3.05, 3.63) is 30.1 Å². The summed E-state index contributed by atoms with van der Waals surface area (Å²) in [6, 6.07) is 4.04. The van der Waals surface area contributed by atoms with E-state index in [-0.39, 0.29) is 5.54 Å². The van der Waals surface area contributed by atoms with Crippen LogP contribution in [0.3, 0.4) is 0 Å². The molecule has 1 heterocycles. The van der Waals surface area contributed by atoms with Gasteiger partial charge in [-0.05, 0) is 30.4 Å². The van der Waals surface area contributed by atoms with Crippen LogP contribution < -0.4 is 5.73 Å². The average molecular weight is 176 g/mol. The molecule has 70 valence electrons. The van der Waals surface area contributed by atoms with Crippen molar-refractivity contribution in [3.8, 4) is 0 Å². The minimum Gasteiger partial charge on any atom is -0.321 e. The highest BCUT2D eigenvalue weighted by molar-refractivity contribution is 5.23. The van der Waals surface area contributed by atoms with E-state index in [9.17, 15) is 0 Å². The molecule has 13 heavy (non-hydrogen) atoms. The van der Waals surface area contributed by atoms with Gasteiger partial charge in [0.2, 0.25) is 0 Å². The van der Waals surface area contributed by atoms with E-state index in [1.54, 1.807) is 6.20 Å². The van der Waals surface area contributed by atoms with Crippen molar-refractivity contribution in [1.29, 1.82) is 0 Å². The normalized spacial score (nSPS) is 32.6. The van der Waals surface area contributed by atoms with Crippen molar-refractivity contribution in [1.82, 2.24) is 4.98 Å². The molecule has 0 bridgehead atoms. The maximum Gasteiger partial charge on any atom is 0.0430 e. The minimum absolute atomic E-state index is 0.0745. The second kappa shape index (κ2) is 3.11. The van der Waals surface area contributed by atoms with E-state index in [0.29, 0.717) is 0 Å². The molecule has 1 aliphatic rings. The second-order valence-corrected chi connectivity index (χ2v) is 4.08. The van der Waals surface area contributed by atoms with E-state index < -0.39 is 0 Å². The lowest BCUT2D eigenvalue weighted by atomic mass is 9.65. The third-order valence-corrected chi connectivity index (χ3v) is 3.12. The molecule has 1 fully saturated rings. The summed E-state index contributed by atoms with van der Waals surface area (Å²) in [5.41, 5.74) is 7.37. The molecule has 0 aromatic carbocycles. The topological polar surface area (TPSA) is 38.9 Å². The van der Waals surface area contributed by atoms with Crippen molar-refractivity contribution < 1.29 is 0 Å². The highest BCUT2D eigenvalue weighted by Gasteiger charge is 2.41. The molecule has 2 rings (SSSR count). The molecule has 2 nitrogen and oxygen atoms in total. The van der Waals surface area contributed by atoms with Gasteiger partial charge >= 0.3 is 0 Å². The largest absolute Gasteiger partial charge is 0.321 e. The van der Waals surface area contributed by atoms with Gasteiger partial charge < -0.3 is 5.73 Å². The van der Waals surface area contributed by atoms with Crippen LogP contribution in [0.25, 0.3) is 0 Å². The molecule has 0 saturated heterocycles. The summed E-state index contributed by atoms with van der Waals surface area (Å²) in [6.07, 6.45) is 7.18. The van der Waals surface area contributed by atoms with E-state index in [1.807, 2.05) is 12.3 Å². The van der Waals surface area contributed by atoms with E-state index in [2.05, 4.69) is 18.0 Å². The van der Waals surface area contributed by atoms with E-state index in [1.165, 1.54) is 12.0 Å². The fourth-order valence-corrected chi connectivity index (χ4v) is 2.15. The van der Waals surface area contributed by atoms with Crippen LogP contribution in [-0.2, 0) is 5.54 Å². The van der Waals surface area contributed by atoms with Crippen LogP contribution in [0.5, 0.6) is 0 Å². The van der Waals surface area contributed by atoms with Gasteiger partial charge in [-0.3, -0.25) is 4.98 Å². The average Bonchev–Trinajstić information content (AvgIpc) is 2.14. The fourth-order valence-electron chi connectivity index (χ4n) is 2.15. The van der Waals surface area contributed by atoms with Crippen LogP contribution in [-0.4, -0.2) is 4.98 Å². The predicted octanol–water partition coefficient (Wildman–Crippen LogP) is 2.06. The lowest BCUT2D eigenvalue weighted by Crippen LogP contribution is -2.48. The Balaban J connectivity index is 2.11. The summed E-state index contributed by atoms with van der Waals surface area (Å²) in [5.74, 6) is 0.824. The molecule has 1 saturated carbocycles. The van der Waals surface area contributed by atoms with Crippen molar-refractivity contribution >= 4 is 0 Å². The smallest absolute Gasteiger partial charge is 0.0430 e. The number of aromatic nitrogens is 1. The molecule has 0 spiro atoms. The Morgan fingerprint density at radius 2 is 2.38 bits per heavy atom. The molecule has 0 amide bonds.